The number of nitrogens with one attached hydrogen (secondary N) is 2. The number of aromatic nitrogens is 1. The van der Waals surface area contributed by atoms with Crippen LogP contribution in [0.3, 0.4) is 0 Å². The number of likely N-dealkylation sites (N-methyl/N-ethyl adjacent to an activating group) is 1. The summed E-state index contributed by atoms with van der Waals surface area (Å²) in [6.45, 7) is 11.2. The van der Waals surface area contributed by atoms with E-state index in [1.807, 2.05) is 13.8 Å². The Morgan fingerprint density at radius 2 is 1.90 bits per heavy atom. The molecule has 120 valence electrons. The summed E-state index contributed by atoms with van der Waals surface area (Å²) >= 11 is 0. The van der Waals surface area contributed by atoms with Gasteiger partial charge in [-0.15, -0.1) is 0 Å². The van der Waals surface area contributed by atoms with Crippen LogP contribution in [0.25, 0.3) is 0 Å². The molecule has 1 aromatic heterocycles. The monoisotopic (exact) mass is 314 g/mol. The zero-order valence-electron chi connectivity index (χ0n) is 13.3. The van der Waals surface area contributed by atoms with E-state index in [1.54, 1.807) is 12.1 Å². The second-order valence-electron chi connectivity index (χ2n) is 4.92. The maximum Gasteiger partial charge on any atom is 0.242 e. The van der Waals surface area contributed by atoms with Crippen LogP contribution in [0.15, 0.2) is 23.2 Å². The molecule has 0 aliphatic carbocycles. The minimum atomic E-state index is -3.52. The number of rotatable bonds is 9. The molecule has 1 aromatic rings. The Balaban J connectivity index is 2.72. The maximum absolute atomic E-state index is 12.3. The maximum atomic E-state index is 12.3. The number of anilines is 1. The zero-order chi connectivity index (χ0) is 15.9. The Bertz CT molecular complexity index is 512. The first-order chi connectivity index (χ1) is 9.92. The molecule has 1 heterocycles. The molecule has 0 amide bonds. The van der Waals surface area contributed by atoms with Gasteiger partial charge in [0.2, 0.25) is 10.0 Å². The van der Waals surface area contributed by atoms with Gasteiger partial charge < -0.3 is 10.2 Å². The average molecular weight is 314 g/mol. The molecular weight excluding hydrogens is 288 g/mol. The van der Waals surface area contributed by atoms with Crippen LogP contribution in [0.5, 0.6) is 0 Å². The molecule has 0 aromatic carbocycles. The lowest BCUT2D eigenvalue weighted by Gasteiger charge is -2.23. The number of hydrogen-bond donors (Lipinski definition) is 2. The second kappa shape index (κ2) is 8.31. The van der Waals surface area contributed by atoms with Gasteiger partial charge in [-0.2, -0.15) is 0 Å². The molecule has 0 aliphatic rings. The van der Waals surface area contributed by atoms with Gasteiger partial charge in [0, 0.05) is 25.3 Å². The van der Waals surface area contributed by atoms with E-state index >= 15 is 0 Å². The Kier molecular flexibility index (Phi) is 7.07. The second-order valence-corrected chi connectivity index (χ2v) is 6.63. The van der Waals surface area contributed by atoms with Crippen molar-refractivity contribution in [2.24, 2.45) is 0 Å². The molecular formula is C14H26N4O2S. The van der Waals surface area contributed by atoms with Crippen LogP contribution in [-0.2, 0) is 10.0 Å². The fourth-order valence-corrected chi connectivity index (χ4v) is 3.24. The predicted octanol–water partition coefficient (Wildman–Crippen LogP) is 1.52. The summed E-state index contributed by atoms with van der Waals surface area (Å²) in [6, 6.07) is 3.09. The first-order valence-electron chi connectivity index (χ1n) is 7.37. The number of hydrogen-bond acceptors (Lipinski definition) is 5. The van der Waals surface area contributed by atoms with Crippen molar-refractivity contribution in [1.29, 1.82) is 0 Å². The standard InChI is InChI=1S/C14H26N4O2S/c1-5-15-14-9-8-13(10-16-14)21(19,20)17-12(4)11-18(6-2)7-3/h8-10,12,17H,5-7,11H2,1-4H3,(H,15,16). The molecule has 1 atom stereocenters. The van der Waals surface area contributed by atoms with Crippen molar-refractivity contribution in [3.63, 3.8) is 0 Å². The van der Waals surface area contributed by atoms with Crippen LogP contribution < -0.4 is 10.0 Å². The van der Waals surface area contributed by atoms with E-state index in [-0.39, 0.29) is 10.9 Å². The summed E-state index contributed by atoms with van der Waals surface area (Å²) in [5.74, 6) is 0.674. The fourth-order valence-electron chi connectivity index (χ4n) is 2.06. The van der Waals surface area contributed by atoms with Gasteiger partial charge in [-0.3, -0.25) is 0 Å². The van der Waals surface area contributed by atoms with Gasteiger partial charge in [0.05, 0.1) is 0 Å². The van der Waals surface area contributed by atoms with Crippen molar-refractivity contribution in [2.75, 3.05) is 31.5 Å². The van der Waals surface area contributed by atoms with Crippen LogP contribution in [0.1, 0.15) is 27.7 Å². The minimum absolute atomic E-state index is 0.150. The third-order valence-electron chi connectivity index (χ3n) is 3.19. The normalized spacial score (nSPS) is 13.4. The number of sulfonamides is 1. The van der Waals surface area contributed by atoms with E-state index < -0.39 is 10.0 Å². The lowest BCUT2D eigenvalue weighted by molar-refractivity contribution is 0.282. The molecule has 0 saturated carbocycles. The Morgan fingerprint density at radius 1 is 1.24 bits per heavy atom. The molecule has 0 radical (unpaired) electrons. The third-order valence-corrected chi connectivity index (χ3v) is 4.76. The summed E-state index contributed by atoms with van der Waals surface area (Å²) in [6.07, 6.45) is 1.38. The smallest absolute Gasteiger partial charge is 0.242 e. The molecule has 0 spiro atoms. The lowest BCUT2D eigenvalue weighted by Crippen LogP contribution is -2.41. The molecule has 2 N–H and O–H groups in total. The predicted molar refractivity (Wildman–Crippen MR) is 86.0 cm³/mol. The molecule has 6 nitrogen and oxygen atoms in total. The van der Waals surface area contributed by atoms with E-state index in [9.17, 15) is 8.42 Å². The van der Waals surface area contributed by atoms with Crippen molar-refractivity contribution in [2.45, 2.75) is 38.6 Å². The van der Waals surface area contributed by atoms with Crippen molar-refractivity contribution in [3.8, 4) is 0 Å². The number of nitrogens with zero attached hydrogens (tertiary/aromatic N) is 2. The summed E-state index contributed by atoms with van der Waals surface area (Å²) < 4.78 is 27.3. The highest BCUT2D eigenvalue weighted by Crippen LogP contribution is 2.11. The minimum Gasteiger partial charge on any atom is -0.370 e. The van der Waals surface area contributed by atoms with Crippen LogP contribution in [0, 0.1) is 0 Å². The largest absolute Gasteiger partial charge is 0.370 e. The summed E-state index contributed by atoms with van der Waals surface area (Å²) in [5, 5.41) is 3.04. The fraction of sp³-hybridized carbons (Fsp3) is 0.643. The van der Waals surface area contributed by atoms with Gasteiger partial charge in [0.15, 0.2) is 0 Å². The van der Waals surface area contributed by atoms with E-state index in [4.69, 9.17) is 0 Å². The lowest BCUT2D eigenvalue weighted by atomic mass is 10.3. The summed E-state index contributed by atoms with van der Waals surface area (Å²) in [4.78, 5) is 6.47. The first-order valence-corrected chi connectivity index (χ1v) is 8.85. The first kappa shape index (κ1) is 17.9. The Labute approximate surface area is 128 Å². The molecule has 7 heteroatoms. The Morgan fingerprint density at radius 3 is 2.38 bits per heavy atom. The van der Waals surface area contributed by atoms with Gasteiger partial charge >= 0.3 is 0 Å². The summed E-state index contributed by atoms with van der Waals surface area (Å²) in [5.41, 5.74) is 0. The van der Waals surface area contributed by atoms with Crippen LogP contribution in [0.2, 0.25) is 0 Å². The Hall–Kier alpha value is -1.18. The highest BCUT2D eigenvalue weighted by atomic mass is 32.2. The van der Waals surface area contributed by atoms with Crippen molar-refractivity contribution < 1.29 is 8.42 Å². The molecule has 0 fully saturated rings. The van der Waals surface area contributed by atoms with E-state index in [2.05, 4.69) is 33.8 Å². The van der Waals surface area contributed by atoms with E-state index in [0.29, 0.717) is 12.4 Å². The molecule has 21 heavy (non-hydrogen) atoms. The van der Waals surface area contributed by atoms with Crippen molar-refractivity contribution >= 4 is 15.8 Å². The van der Waals surface area contributed by atoms with Gasteiger partial charge in [-0.25, -0.2) is 18.1 Å². The topological polar surface area (TPSA) is 74.3 Å². The van der Waals surface area contributed by atoms with Gasteiger partial charge in [-0.1, -0.05) is 13.8 Å². The highest BCUT2D eigenvalue weighted by molar-refractivity contribution is 7.89. The molecule has 0 bridgehead atoms. The number of pyridine rings is 1. The molecule has 1 unspecified atom stereocenters. The third kappa shape index (κ3) is 5.61. The average Bonchev–Trinajstić information content (AvgIpc) is 2.45. The van der Waals surface area contributed by atoms with E-state index in [0.717, 1.165) is 19.6 Å². The van der Waals surface area contributed by atoms with E-state index in [1.165, 1.54) is 6.20 Å². The van der Waals surface area contributed by atoms with Crippen LogP contribution in [-0.4, -0.2) is 50.5 Å². The van der Waals surface area contributed by atoms with Crippen molar-refractivity contribution in [3.05, 3.63) is 18.3 Å². The quantitative estimate of drug-likeness (QED) is 0.723. The highest BCUT2D eigenvalue weighted by Gasteiger charge is 2.18. The SMILES string of the molecule is CCNc1ccc(S(=O)(=O)NC(C)CN(CC)CC)cn1. The van der Waals surface area contributed by atoms with Crippen molar-refractivity contribution in [1.82, 2.24) is 14.6 Å². The van der Waals surface area contributed by atoms with Crippen LogP contribution >= 0.6 is 0 Å². The van der Waals surface area contributed by atoms with Gasteiger partial charge in [0.1, 0.15) is 10.7 Å². The zero-order valence-corrected chi connectivity index (χ0v) is 14.1. The van der Waals surface area contributed by atoms with Gasteiger partial charge in [-0.05, 0) is 39.1 Å². The summed E-state index contributed by atoms with van der Waals surface area (Å²) in [7, 11) is -3.52. The molecule has 1 rings (SSSR count). The van der Waals surface area contributed by atoms with Gasteiger partial charge in [0.25, 0.3) is 0 Å². The molecule has 0 aliphatic heterocycles. The molecule has 0 saturated heterocycles. The van der Waals surface area contributed by atoms with Crippen LogP contribution in [0.4, 0.5) is 5.82 Å².